The second kappa shape index (κ2) is 9.25. The highest BCUT2D eigenvalue weighted by molar-refractivity contribution is 8.14. The van der Waals surface area contributed by atoms with E-state index < -0.39 is 0 Å². The van der Waals surface area contributed by atoms with Crippen LogP contribution in [0.4, 0.5) is 0 Å². The fraction of sp³-hybridized carbons (Fsp3) is 0.562. The summed E-state index contributed by atoms with van der Waals surface area (Å²) in [5.74, 6) is 0.744. The van der Waals surface area contributed by atoms with E-state index in [0.29, 0.717) is 25.3 Å². The predicted molar refractivity (Wildman–Crippen MR) is 95.4 cm³/mol. The minimum absolute atomic E-state index is 0.122. The van der Waals surface area contributed by atoms with Gasteiger partial charge in [0.25, 0.3) is 5.91 Å². The van der Waals surface area contributed by atoms with Gasteiger partial charge in [-0.2, -0.15) is 0 Å². The molecule has 1 amide bonds. The molecule has 0 aliphatic carbocycles. The molecule has 0 saturated carbocycles. The number of aromatic nitrogens is 1. The second-order valence-corrected chi connectivity index (χ2v) is 6.45. The van der Waals surface area contributed by atoms with Gasteiger partial charge in [0, 0.05) is 37.8 Å². The summed E-state index contributed by atoms with van der Waals surface area (Å²) >= 11 is 7.70. The summed E-state index contributed by atoms with van der Waals surface area (Å²) in [5, 5.41) is 1.01. The van der Waals surface area contributed by atoms with Gasteiger partial charge >= 0.3 is 0 Å². The average Bonchev–Trinajstić information content (AvgIpc) is 2.97. The molecule has 126 valence electrons. The number of amidine groups is 1. The van der Waals surface area contributed by atoms with Crippen molar-refractivity contribution in [3.8, 4) is 0 Å². The number of carbonyl (C=O) groups excluding carboxylic acids is 1. The average molecular weight is 356 g/mol. The Kier molecular flexibility index (Phi) is 7.33. The summed E-state index contributed by atoms with van der Waals surface area (Å²) in [7, 11) is 0. The summed E-state index contributed by atoms with van der Waals surface area (Å²) in [6.07, 6.45) is 3.32. The number of hydrogen-bond acceptors (Lipinski definition) is 5. The Morgan fingerprint density at radius 2 is 2.39 bits per heavy atom. The third-order valence-corrected chi connectivity index (χ3v) is 4.99. The molecule has 1 aromatic rings. The Morgan fingerprint density at radius 3 is 3.09 bits per heavy atom. The van der Waals surface area contributed by atoms with E-state index in [9.17, 15) is 4.79 Å². The number of nitrogens with zero attached hydrogens (tertiary/aromatic N) is 3. The van der Waals surface area contributed by atoms with Gasteiger partial charge < -0.3 is 4.74 Å². The van der Waals surface area contributed by atoms with Crippen LogP contribution in [0.15, 0.2) is 23.3 Å². The van der Waals surface area contributed by atoms with Crippen LogP contribution in [0, 0.1) is 0 Å². The molecule has 0 bridgehead atoms. The lowest BCUT2D eigenvalue weighted by Crippen LogP contribution is -2.39. The number of halogens is 1. The first kappa shape index (κ1) is 18.2. The van der Waals surface area contributed by atoms with Crippen LogP contribution in [-0.4, -0.2) is 52.5 Å². The number of pyridine rings is 1. The molecule has 1 aliphatic heterocycles. The number of thioether (sulfide) groups is 1. The molecule has 5 nitrogen and oxygen atoms in total. The van der Waals surface area contributed by atoms with Crippen LogP contribution in [0.1, 0.15) is 37.0 Å². The molecule has 2 rings (SSSR count). The molecule has 0 unspecified atom stereocenters. The number of hydrogen-bond donors (Lipinski definition) is 0. The molecular formula is C16H22ClN3O2S. The van der Waals surface area contributed by atoms with Gasteiger partial charge in [0.1, 0.15) is 5.15 Å². The van der Waals surface area contributed by atoms with Crippen molar-refractivity contribution in [3.05, 3.63) is 29.0 Å². The Morgan fingerprint density at radius 1 is 1.57 bits per heavy atom. The predicted octanol–water partition coefficient (Wildman–Crippen LogP) is 3.49. The Hall–Kier alpha value is -1.11. The van der Waals surface area contributed by atoms with Crippen molar-refractivity contribution < 1.29 is 9.53 Å². The van der Waals surface area contributed by atoms with Gasteiger partial charge in [-0.1, -0.05) is 30.3 Å². The summed E-state index contributed by atoms with van der Waals surface area (Å²) in [5.41, 5.74) is 0.428. The van der Waals surface area contributed by atoms with Gasteiger partial charge in [0.15, 0.2) is 5.17 Å². The van der Waals surface area contributed by atoms with Crippen LogP contribution in [0.2, 0.25) is 5.15 Å². The molecule has 23 heavy (non-hydrogen) atoms. The van der Waals surface area contributed by atoms with E-state index >= 15 is 0 Å². The van der Waals surface area contributed by atoms with Gasteiger partial charge in [0.05, 0.1) is 5.56 Å². The molecule has 0 radical (unpaired) electrons. The van der Waals surface area contributed by atoms with Gasteiger partial charge in [-0.15, -0.1) is 0 Å². The maximum atomic E-state index is 12.9. The number of carbonyl (C=O) groups is 1. The standard InChI is InChI=1S/C16H22ClN3O2S/c1-3-12-11-23-16(19-9-6-10-22-4-2)20(12)15(21)13-7-5-8-18-14(13)17/h5,7-8,12H,3-4,6,9-11H2,1-2H3/t12-/m0/s1. The minimum Gasteiger partial charge on any atom is -0.382 e. The van der Waals surface area contributed by atoms with E-state index in [4.69, 9.17) is 16.3 Å². The van der Waals surface area contributed by atoms with Crippen molar-refractivity contribution in [2.75, 3.05) is 25.5 Å². The van der Waals surface area contributed by atoms with Crippen molar-refractivity contribution in [1.82, 2.24) is 9.88 Å². The smallest absolute Gasteiger partial charge is 0.263 e. The fourth-order valence-electron chi connectivity index (χ4n) is 2.31. The lowest BCUT2D eigenvalue weighted by Gasteiger charge is -2.23. The minimum atomic E-state index is -0.122. The number of rotatable bonds is 7. The normalized spacial score (nSPS) is 19.5. The Labute approximate surface area is 146 Å². The maximum absolute atomic E-state index is 12.9. The monoisotopic (exact) mass is 355 g/mol. The fourth-order valence-corrected chi connectivity index (χ4v) is 3.79. The summed E-state index contributed by atoms with van der Waals surface area (Å²) < 4.78 is 5.32. The first-order valence-electron chi connectivity index (χ1n) is 7.88. The lowest BCUT2D eigenvalue weighted by molar-refractivity contribution is 0.0818. The van der Waals surface area contributed by atoms with Crippen molar-refractivity contribution in [1.29, 1.82) is 0 Å². The van der Waals surface area contributed by atoms with Gasteiger partial charge in [-0.25, -0.2) is 4.98 Å². The van der Waals surface area contributed by atoms with Crippen LogP contribution in [-0.2, 0) is 4.74 Å². The zero-order valence-electron chi connectivity index (χ0n) is 13.5. The third-order valence-electron chi connectivity index (χ3n) is 3.55. The zero-order valence-corrected chi connectivity index (χ0v) is 15.1. The molecule has 1 aliphatic rings. The van der Waals surface area contributed by atoms with E-state index in [0.717, 1.165) is 23.8 Å². The molecule has 1 saturated heterocycles. The van der Waals surface area contributed by atoms with E-state index in [-0.39, 0.29) is 17.1 Å². The van der Waals surface area contributed by atoms with Crippen molar-refractivity contribution in [3.63, 3.8) is 0 Å². The number of aliphatic imine (C=N–C) groups is 1. The largest absolute Gasteiger partial charge is 0.382 e. The maximum Gasteiger partial charge on any atom is 0.263 e. The van der Waals surface area contributed by atoms with Gasteiger partial charge in [0.2, 0.25) is 0 Å². The number of amides is 1. The second-order valence-electron chi connectivity index (χ2n) is 5.10. The Bertz CT molecular complexity index is 568. The topological polar surface area (TPSA) is 54.8 Å². The highest BCUT2D eigenvalue weighted by Crippen LogP contribution is 2.29. The van der Waals surface area contributed by atoms with E-state index in [1.807, 2.05) is 6.92 Å². The quantitative estimate of drug-likeness (QED) is 0.555. The van der Waals surface area contributed by atoms with Gasteiger partial charge in [-0.3, -0.25) is 14.7 Å². The lowest BCUT2D eigenvalue weighted by atomic mass is 10.2. The molecule has 0 aromatic carbocycles. The van der Waals surface area contributed by atoms with Crippen LogP contribution in [0.25, 0.3) is 0 Å². The number of ether oxygens (including phenoxy) is 1. The van der Waals surface area contributed by atoms with Crippen molar-refractivity contribution in [2.45, 2.75) is 32.7 Å². The van der Waals surface area contributed by atoms with Crippen molar-refractivity contribution >= 4 is 34.4 Å². The summed E-state index contributed by atoms with van der Waals surface area (Å²) in [6, 6.07) is 3.58. The summed E-state index contributed by atoms with van der Waals surface area (Å²) in [6.45, 7) is 6.12. The SMILES string of the molecule is CCOCCCN=C1SC[C@H](CC)N1C(=O)c1cccnc1Cl. The summed E-state index contributed by atoms with van der Waals surface area (Å²) in [4.78, 5) is 23.2. The molecule has 2 heterocycles. The highest BCUT2D eigenvalue weighted by atomic mass is 35.5. The highest BCUT2D eigenvalue weighted by Gasteiger charge is 2.35. The molecule has 1 fully saturated rings. The van der Waals surface area contributed by atoms with Crippen LogP contribution in [0.5, 0.6) is 0 Å². The molecule has 1 aromatic heterocycles. The third kappa shape index (κ3) is 4.68. The van der Waals surface area contributed by atoms with E-state index in [2.05, 4.69) is 16.9 Å². The zero-order chi connectivity index (χ0) is 16.7. The van der Waals surface area contributed by atoms with Crippen LogP contribution >= 0.6 is 23.4 Å². The molecule has 0 N–H and O–H groups in total. The van der Waals surface area contributed by atoms with Crippen LogP contribution < -0.4 is 0 Å². The molecule has 1 atom stereocenters. The van der Waals surface area contributed by atoms with Crippen molar-refractivity contribution in [2.24, 2.45) is 4.99 Å². The van der Waals surface area contributed by atoms with Gasteiger partial charge in [-0.05, 0) is 31.9 Å². The Balaban J connectivity index is 2.12. The molecule has 7 heteroatoms. The van der Waals surface area contributed by atoms with Crippen LogP contribution in [0.3, 0.4) is 0 Å². The molecule has 0 spiro atoms. The first-order valence-corrected chi connectivity index (χ1v) is 9.24. The van der Waals surface area contributed by atoms with E-state index in [1.54, 1.807) is 35.0 Å². The molecular weight excluding hydrogens is 334 g/mol. The first-order chi connectivity index (χ1) is 11.2. The van der Waals surface area contributed by atoms with E-state index in [1.165, 1.54) is 0 Å².